The molecule has 1 atom stereocenters. The van der Waals surface area contributed by atoms with Gasteiger partial charge >= 0.3 is 0 Å². The van der Waals surface area contributed by atoms with Gasteiger partial charge in [-0.1, -0.05) is 0 Å². The van der Waals surface area contributed by atoms with Crippen molar-refractivity contribution >= 4 is 17.7 Å². The van der Waals surface area contributed by atoms with Crippen LogP contribution in [0, 0.1) is 0 Å². The van der Waals surface area contributed by atoms with E-state index in [2.05, 4.69) is 19.7 Å². The first-order valence-electron chi connectivity index (χ1n) is 10.2. The zero-order chi connectivity index (χ0) is 18.6. The summed E-state index contributed by atoms with van der Waals surface area (Å²) in [6, 6.07) is 1.92. The van der Waals surface area contributed by atoms with Crippen molar-refractivity contribution in [3.63, 3.8) is 0 Å². The number of carbonyl (C=O) groups is 1. The molecular formula is C19H30N6O2. The van der Waals surface area contributed by atoms with Crippen LogP contribution in [-0.4, -0.2) is 95.8 Å². The summed E-state index contributed by atoms with van der Waals surface area (Å²) in [5.41, 5.74) is 0. The third-order valence-corrected chi connectivity index (χ3v) is 5.82. The molecule has 148 valence electrons. The van der Waals surface area contributed by atoms with E-state index in [-0.39, 0.29) is 12.0 Å². The molecule has 0 saturated carbocycles. The highest BCUT2D eigenvalue weighted by Crippen LogP contribution is 2.20. The van der Waals surface area contributed by atoms with Gasteiger partial charge in [0, 0.05) is 58.6 Å². The van der Waals surface area contributed by atoms with E-state index in [1.807, 2.05) is 17.2 Å². The van der Waals surface area contributed by atoms with Gasteiger partial charge in [0.2, 0.25) is 11.9 Å². The zero-order valence-electron chi connectivity index (χ0n) is 16.0. The summed E-state index contributed by atoms with van der Waals surface area (Å²) in [6.45, 7) is 7.32. The molecule has 3 saturated heterocycles. The van der Waals surface area contributed by atoms with Crippen molar-refractivity contribution < 1.29 is 9.90 Å². The lowest BCUT2D eigenvalue weighted by molar-refractivity contribution is -0.131. The summed E-state index contributed by atoms with van der Waals surface area (Å²) in [5.74, 6) is 1.91. The van der Waals surface area contributed by atoms with E-state index in [0.717, 1.165) is 83.3 Å². The number of hydrogen-bond donors (Lipinski definition) is 1. The Morgan fingerprint density at radius 2 is 1.81 bits per heavy atom. The number of aromatic nitrogens is 2. The van der Waals surface area contributed by atoms with Crippen LogP contribution in [0.2, 0.25) is 0 Å². The molecule has 1 aromatic heterocycles. The topological polar surface area (TPSA) is 76.0 Å². The quantitative estimate of drug-likeness (QED) is 0.806. The molecule has 1 N–H and O–H groups in total. The largest absolute Gasteiger partial charge is 0.391 e. The second-order valence-corrected chi connectivity index (χ2v) is 7.81. The number of hydrogen-bond acceptors (Lipinski definition) is 7. The molecule has 0 unspecified atom stereocenters. The van der Waals surface area contributed by atoms with Crippen LogP contribution in [0.15, 0.2) is 12.3 Å². The molecule has 1 aromatic rings. The van der Waals surface area contributed by atoms with Crippen LogP contribution in [0.25, 0.3) is 0 Å². The van der Waals surface area contributed by atoms with Crippen LogP contribution >= 0.6 is 0 Å². The summed E-state index contributed by atoms with van der Waals surface area (Å²) in [6.07, 6.45) is 5.68. The normalized spacial score (nSPS) is 24.5. The molecule has 27 heavy (non-hydrogen) atoms. The molecule has 3 aliphatic heterocycles. The van der Waals surface area contributed by atoms with Crippen molar-refractivity contribution in [1.29, 1.82) is 0 Å². The van der Waals surface area contributed by atoms with Gasteiger partial charge in [-0.05, 0) is 31.7 Å². The number of aliphatic hydroxyl groups is 1. The number of aliphatic hydroxyl groups excluding tert-OH is 1. The number of piperazine rings is 1. The fraction of sp³-hybridized carbons (Fsp3) is 0.737. The van der Waals surface area contributed by atoms with Crippen molar-refractivity contribution in [2.75, 3.05) is 68.7 Å². The van der Waals surface area contributed by atoms with E-state index < -0.39 is 0 Å². The fourth-order valence-electron chi connectivity index (χ4n) is 4.19. The Kier molecular flexibility index (Phi) is 5.73. The first-order valence-corrected chi connectivity index (χ1v) is 10.2. The number of likely N-dealkylation sites (tertiary alicyclic amines) is 1. The molecule has 4 rings (SSSR count). The van der Waals surface area contributed by atoms with Crippen molar-refractivity contribution in [2.24, 2.45) is 0 Å². The second kappa shape index (κ2) is 8.39. The Hall–Kier alpha value is -1.93. The van der Waals surface area contributed by atoms with Gasteiger partial charge in [0.1, 0.15) is 5.82 Å². The van der Waals surface area contributed by atoms with Crippen LogP contribution in [-0.2, 0) is 4.79 Å². The molecule has 0 aromatic carbocycles. The summed E-state index contributed by atoms with van der Waals surface area (Å²) >= 11 is 0. The third-order valence-electron chi connectivity index (χ3n) is 5.82. The first kappa shape index (κ1) is 18.4. The van der Waals surface area contributed by atoms with E-state index in [4.69, 9.17) is 4.98 Å². The van der Waals surface area contributed by atoms with E-state index in [1.165, 1.54) is 0 Å². The summed E-state index contributed by atoms with van der Waals surface area (Å²) in [5, 5.41) is 9.91. The molecular weight excluding hydrogens is 344 g/mol. The summed E-state index contributed by atoms with van der Waals surface area (Å²) in [7, 11) is 0. The highest BCUT2D eigenvalue weighted by Gasteiger charge is 2.25. The predicted octanol–water partition coefficient (Wildman–Crippen LogP) is 0.182. The van der Waals surface area contributed by atoms with Crippen LogP contribution in [0.4, 0.5) is 11.8 Å². The number of anilines is 2. The zero-order valence-corrected chi connectivity index (χ0v) is 16.0. The van der Waals surface area contributed by atoms with Gasteiger partial charge in [0.05, 0.1) is 12.6 Å². The Balaban J connectivity index is 1.31. The standard InChI is InChI=1S/C19H30N6O2/c26-16-4-3-9-25(14-16)17-5-6-20-19(21-17)24-12-10-22(11-13-24)15-18(27)23-7-1-2-8-23/h5-6,16,26H,1-4,7-15H2/t16-/m1/s1. The lowest BCUT2D eigenvalue weighted by Crippen LogP contribution is -2.50. The van der Waals surface area contributed by atoms with Gasteiger partial charge in [0.25, 0.3) is 0 Å². The van der Waals surface area contributed by atoms with Gasteiger partial charge in [0.15, 0.2) is 0 Å². The highest BCUT2D eigenvalue weighted by atomic mass is 16.3. The molecule has 8 heteroatoms. The minimum atomic E-state index is -0.270. The minimum Gasteiger partial charge on any atom is -0.391 e. The van der Waals surface area contributed by atoms with Gasteiger partial charge < -0.3 is 19.8 Å². The maximum absolute atomic E-state index is 12.3. The van der Waals surface area contributed by atoms with Crippen LogP contribution < -0.4 is 9.80 Å². The predicted molar refractivity (Wildman–Crippen MR) is 104 cm³/mol. The maximum Gasteiger partial charge on any atom is 0.236 e. The number of piperidine rings is 1. The Morgan fingerprint density at radius 1 is 1.04 bits per heavy atom. The lowest BCUT2D eigenvalue weighted by atomic mass is 10.1. The monoisotopic (exact) mass is 374 g/mol. The smallest absolute Gasteiger partial charge is 0.236 e. The van der Waals surface area contributed by atoms with Crippen molar-refractivity contribution in [3.05, 3.63) is 12.3 Å². The van der Waals surface area contributed by atoms with E-state index in [9.17, 15) is 9.90 Å². The number of β-amino-alcohol motifs (C(OH)–C–C–N with tert-alkyl or cyclic N) is 1. The van der Waals surface area contributed by atoms with E-state index >= 15 is 0 Å². The van der Waals surface area contributed by atoms with Crippen LogP contribution in [0.5, 0.6) is 0 Å². The number of rotatable bonds is 4. The summed E-state index contributed by atoms with van der Waals surface area (Å²) < 4.78 is 0. The van der Waals surface area contributed by atoms with E-state index in [1.54, 1.807) is 0 Å². The number of nitrogens with zero attached hydrogens (tertiary/aromatic N) is 6. The minimum absolute atomic E-state index is 0.267. The Bertz CT molecular complexity index is 643. The van der Waals surface area contributed by atoms with Crippen molar-refractivity contribution in [2.45, 2.75) is 31.8 Å². The summed E-state index contributed by atoms with van der Waals surface area (Å²) in [4.78, 5) is 30.1. The average Bonchev–Trinajstić information content (AvgIpc) is 3.24. The van der Waals surface area contributed by atoms with Gasteiger partial charge in [-0.2, -0.15) is 4.98 Å². The highest BCUT2D eigenvalue weighted by molar-refractivity contribution is 5.78. The first-order chi connectivity index (χ1) is 13.2. The molecule has 0 aliphatic carbocycles. The molecule has 4 heterocycles. The van der Waals surface area contributed by atoms with Gasteiger partial charge in [-0.25, -0.2) is 4.98 Å². The molecule has 0 spiro atoms. The van der Waals surface area contributed by atoms with Crippen molar-refractivity contribution in [3.8, 4) is 0 Å². The number of carbonyl (C=O) groups excluding carboxylic acids is 1. The van der Waals surface area contributed by atoms with Crippen molar-refractivity contribution in [1.82, 2.24) is 19.8 Å². The van der Waals surface area contributed by atoms with Crippen LogP contribution in [0.1, 0.15) is 25.7 Å². The van der Waals surface area contributed by atoms with E-state index in [0.29, 0.717) is 13.1 Å². The maximum atomic E-state index is 12.3. The lowest BCUT2D eigenvalue weighted by Gasteiger charge is -2.36. The molecule has 0 radical (unpaired) electrons. The van der Waals surface area contributed by atoms with Crippen LogP contribution in [0.3, 0.4) is 0 Å². The fourth-order valence-corrected chi connectivity index (χ4v) is 4.19. The average molecular weight is 374 g/mol. The molecule has 1 amide bonds. The number of amides is 1. The second-order valence-electron chi connectivity index (χ2n) is 7.81. The Morgan fingerprint density at radius 3 is 2.56 bits per heavy atom. The molecule has 3 fully saturated rings. The van der Waals surface area contributed by atoms with Gasteiger partial charge in [-0.15, -0.1) is 0 Å². The van der Waals surface area contributed by atoms with Gasteiger partial charge in [-0.3, -0.25) is 9.69 Å². The third kappa shape index (κ3) is 4.50. The molecule has 0 bridgehead atoms. The molecule has 3 aliphatic rings. The Labute approximate surface area is 160 Å². The SMILES string of the molecule is O=C(CN1CCN(c2nccc(N3CCC[C@@H](O)C3)n2)CC1)N1CCCC1. The molecule has 8 nitrogen and oxygen atoms in total.